The summed E-state index contributed by atoms with van der Waals surface area (Å²) >= 11 is 0. The van der Waals surface area contributed by atoms with Gasteiger partial charge in [-0.05, 0) is 95.0 Å². The molecule has 5 aromatic carbocycles. The predicted octanol–water partition coefficient (Wildman–Crippen LogP) is 10.2. The van der Waals surface area contributed by atoms with Gasteiger partial charge in [-0.25, -0.2) is 0 Å². The molecule has 0 bridgehead atoms. The topological polar surface area (TPSA) is 55.8 Å². The highest BCUT2D eigenvalue weighted by molar-refractivity contribution is 6.03. The third kappa shape index (κ3) is 8.84. The number of ether oxygens (including phenoxy) is 2. The summed E-state index contributed by atoms with van der Waals surface area (Å²) in [7, 11) is 0. The molecule has 1 aliphatic rings. The molecule has 0 amide bonds. The smallest absolute Gasteiger partial charge is 0.318 e. The Morgan fingerprint density at radius 1 is 0.636 bits per heavy atom. The van der Waals surface area contributed by atoms with Crippen molar-refractivity contribution in [1.82, 2.24) is 0 Å². The SMILES string of the molecule is CCC[N+](CC)(CCCc1cccc2c(C(O)OCC[N+](CC)(CCC)CCC)c3ccccc3cc12)CCOC(=O)C1c2ccccc2-c2ccccc21. The molecule has 0 spiro atoms. The van der Waals surface area contributed by atoms with Crippen LogP contribution in [0.5, 0.6) is 0 Å². The van der Waals surface area contributed by atoms with E-state index in [2.05, 4.69) is 107 Å². The zero-order valence-electron chi connectivity index (χ0n) is 34.1. The number of fused-ring (bicyclic) bond motifs is 5. The molecule has 55 heavy (non-hydrogen) atoms. The van der Waals surface area contributed by atoms with E-state index in [-0.39, 0.29) is 11.9 Å². The van der Waals surface area contributed by atoms with Crippen molar-refractivity contribution < 1.29 is 28.3 Å². The van der Waals surface area contributed by atoms with E-state index >= 15 is 0 Å². The second kappa shape index (κ2) is 18.7. The first-order chi connectivity index (χ1) is 26.8. The lowest BCUT2D eigenvalue weighted by Crippen LogP contribution is -2.51. The van der Waals surface area contributed by atoms with Crippen molar-refractivity contribution in [2.24, 2.45) is 0 Å². The van der Waals surface area contributed by atoms with Crippen molar-refractivity contribution in [3.05, 3.63) is 119 Å². The van der Waals surface area contributed by atoms with E-state index < -0.39 is 6.29 Å². The Morgan fingerprint density at radius 2 is 1.20 bits per heavy atom. The molecule has 1 N–H and O–H groups in total. The van der Waals surface area contributed by atoms with E-state index in [1.54, 1.807) is 0 Å². The minimum atomic E-state index is -1.01. The van der Waals surface area contributed by atoms with Gasteiger partial charge in [0.05, 0.1) is 45.9 Å². The van der Waals surface area contributed by atoms with Crippen molar-refractivity contribution in [2.45, 2.75) is 78.9 Å². The summed E-state index contributed by atoms with van der Waals surface area (Å²) in [6.45, 7) is 20.3. The van der Waals surface area contributed by atoms with E-state index in [4.69, 9.17) is 9.47 Å². The van der Waals surface area contributed by atoms with Gasteiger partial charge in [-0.1, -0.05) is 112 Å². The molecule has 292 valence electrons. The van der Waals surface area contributed by atoms with E-state index in [0.29, 0.717) is 13.2 Å². The maximum atomic E-state index is 13.7. The number of aliphatic hydroxyl groups is 1. The highest BCUT2D eigenvalue weighted by Crippen LogP contribution is 2.45. The molecule has 0 aromatic heterocycles. The largest absolute Gasteiger partial charge is 0.459 e. The van der Waals surface area contributed by atoms with E-state index in [1.165, 1.54) is 10.9 Å². The van der Waals surface area contributed by atoms with Crippen LogP contribution in [0.3, 0.4) is 0 Å². The number of aryl methyl sites for hydroxylation is 1. The van der Waals surface area contributed by atoms with Gasteiger partial charge >= 0.3 is 5.97 Å². The van der Waals surface area contributed by atoms with E-state index in [1.807, 2.05) is 24.3 Å². The van der Waals surface area contributed by atoms with Gasteiger partial charge in [0, 0.05) is 12.0 Å². The standard InChI is InChI=1S/C49H64N2O4/c1-6-28-50(9-4,29-7-2)32-34-54-48(52)46-39-22-12-11-19-38(39)36-45-37(20-17-27-44(45)46)21-18-31-51(10-5,30-8-3)33-35-55-49(53)47-42-25-15-13-23-40(42)41-24-14-16-26-43(41)47/h11-17,19-20,22-27,36,47-48,52H,6-10,18,21,28-35H2,1-5H3/q+2. The Bertz CT molecular complexity index is 1990. The number of carbonyl (C=O) groups excluding carboxylic acids is 1. The van der Waals surface area contributed by atoms with Gasteiger partial charge < -0.3 is 23.5 Å². The Kier molecular flexibility index (Phi) is 13.8. The van der Waals surface area contributed by atoms with Gasteiger partial charge in [0.25, 0.3) is 0 Å². The highest BCUT2D eigenvalue weighted by atomic mass is 16.6. The molecule has 6 heteroatoms. The quantitative estimate of drug-likeness (QED) is 0.0352. The van der Waals surface area contributed by atoms with Gasteiger partial charge in [0.15, 0.2) is 6.29 Å². The first-order valence-corrected chi connectivity index (χ1v) is 21.1. The van der Waals surface area contributed by atoms with Gasteiger partial charge in [0.1, 0.15) is 25.6 Å². The molecule has 1 aliphatic carbocycles. The van der Waals surface area contributed by atoms with E-state index in [9.17, 15) is 9.90 Å². The van der Waals surface area contributed by atoms with Gasteiger partial charge in [-0.3, -0.25) is 4.79 Å². The monoisotopic (exact) mass is 744 g/mol. The first-order valence-electron chi connectivity index (χ1n) is 21.1. The fourth-order valence-corrected chi connectivity index (χ4v) is 9.59. The van der Waals surface area contributed by atoms with Crippen LogP contribution in [0.25, 0.3) is 32.7 Å². The molecular weight excluding hydrogens is 681 g/mol. The van der Waals surface area contributed by atoms with Crippen molar-refractivity contribution >= 4 is 27.5 Å². The molecule has 6 nitrogen and oxygen atoms in total. The molecule has 0 heterocycles. The summed E-state index contributed by atoms with van der Waals surface area (Å²) in [5.41, 5.74) is 6.51. The number of rotatable bonds is 21. The van der Waals surface area contributed by atoms with Crippen molar-refractivity contribution in [2.75, 3.05) is 65.6 Å². The Hall–Kier alpha value is -4.07. The molecule has 0 saturated heterocycles. The van der Waals surface area contributed by atoms with Crippen LogP contribution in [0.4, 0.5) is 0 Å². The first kappa shape index (κ1) is 40.6. The Balaban J connectivity index is 1.15. The Labute approximate surface area is 329 Å². The number of aliphatic hydroxyl groups excluding tert-OH is 1. The van der Waals surface area contributed by atoms with Crippen LogP contribution >= 0.6 is 0 Å². The number of carbonyl (C=O) groups is 1. The minimum absolute atomic E-state index is 0.154. The third-order valence-corrected chi connectivity index (χ3v) is 12.5. The molecule has 6 rings (SSSR count). The molecule has 2 atom stereocenters. The molecule has 0 radical (unpaired) electrons. The molecule has 0 saturated carbocycles. The van der Waals surface area contributed by atoms with Gasteiger partial charge in [-0.15, -0.1) is 0 Å². The lowest BCUT2D eigenvalue weighted by Gasteiger charge is -2.38. The van der Waals surface area contributed by atoms with Crippen LogP contribution in [0.2, 0.25) is 0 Å². The van der Waals surface area contributed by atoms with Crippen LogP contribution in [-0.4, -0.2) is 85.6 Å². The second-order valence-corrected chi connectivity index (χ2v) is 15.8. The summed E-state index contributed by atoms with van der Waals surface area (Å²) < 4.78 is 14.4. The van der Waals surface area contributed by atoms with Crippen molar-refractivity contribution in [1.29, 1.82) is 0 Å². The average molecular weight is 745 g/mol. The minimum Gasteiger partial charge on any atom is -0.459 e. The lowest BCUT2D eigenvalue weighted by atomic mass is 9.92. The number of benzene rings is 5. The molecule has 0 fully saturated rings. The summed E-state index contributed by atoms with van der Waals surface area (Å²) in [4.78, 5) is 13.7. The van der Waals surface area contributed by atoms with Crippen LogP contribution in [-0.2, 0) is 20.7 Å². The van der Waals surface area contributed by atoms with E-state index in [0.717, 1.165) is 137 Å². The second-order valence-electron chi connectivity index (χ2n) is 15.8. The van der Waals surface area contributed by atoms with Crippen molar-refractivity contribution in [3.8, 4) is 11.1 Å². The number of esters is 1. The average Bonchev–Trinajstić information content (AvgIpc) is 3.54. The zero-order chi connectivity index (χ0) is 38.8. The highest BCUT2D eigenvalue weighted by Gasteiger charge is 2.35. The zero-order valence-corrected chi connectivity index (χ0v) is 34.1. The molecule has 2 unspecified atom stereocenters. The molecule has 0 aliphatic heterocycles. The summed E-state index contributed by atoms with van der Waals surface area (Å²) in [6, 6.07) is 33.7. The third-order valence-electron chi connectivity index (χ3n) is 12.5. The van der Waals surface area contributed by atoms with Crippen LogP contribution in [0.1, 0.15) is 94.8 Å². The summed E-state index contributed by atoms with van der Waals surface area (Å²) in [5.74, 6) is -0.525. The van der Waals surface area contributed by atoms with Gasteiger partial charge in [0.2, 0.25) is 0 Å². The maximum absolute atomic E-state index is 13.7. The maximum Gasteiger partial charge on any atom is 0.318 e. The number of likely N-dealkylation sites (N-methyl/N-ethyl adjacent to an activating group) is 2. The lowest BCUT2D eigenvalue weighted by molar-refractivity contribution is -0.927. The van der Waals surface area contributed by atoms with Crippen LogP contribution in [0, 0.1) is 0 Å². The molecular formula is C49H64N2O4+2. The molecule has 5 aromatic rings. The van der Waals surface area contributed by atoms with Crippen LogP contribution < -0.4 is 0 Å². The summed E-state index contributed by atoms with van der Waals surface area (Å²) in [5, 5.41) is 16.1. The number of hydrogen-bond acceptors (Lipinski definition) is 4. The van der Waals surface area contributed by atoms with Crippen LogP contribution in [0.15, 0.2) is 97.1 Å². The normalized spacial score (nSPS) is 14.5. The fourth-order valence-electron chi connectivity index (χ4n) is 9.59. The predicted molar refractivity (Wildman–Crippen MR) is 227 cm³/mol. The number of quaternary nitrogens is 2. The number of hydrogen-bond donors (Lipinski definition) is 1. The number of nitrogens with zero attached hydrogens (tertiary/aromatic N) is 2. The van der Waals surface area contributed by atoms with Gasteiger partial charge in [-0.2, -0.15) is 0 Å². The Morgan fingerprint density at radius 3 is 1.84 bits per heavy atom. The van der Waals surface area contributed by atoms with Crippen molar-refractivity contribution in [3.63, 3.8) is 0 Å². The summed E-state index contributed by atoms with van der Waals surface area (Å²) in [6.07, 6.45) is 4.29. The fraction of sp³-hybridized carbons (Fsp3) is 0.449.